The molecule has 0 aliphatic heterocycles. The Kier molecular flexibility index (Phi) is 6.80. The molecule has 0 aliphatic rings. The predicted octanol–water partition coefficient (Wildman–Crippen LogP) is 2.94. The van der Waals surface area contributed by atoms with Gasteiger partial charge in [0.05, 0.1) is 0 Å². The van der Waals surface area contributed by atoms with E-state index in [1.54, 1.807) is 11.9 Å². The first-order valence-corrected chi connectivity index (χ1v) is 8.50. The lowest BCUT2D eigenvalue weighted by Gasteiger charge is -2.20. The van der Waals surface area contributed by atoms with E-state index in [1.165, 1.54) is 0 Å². The lowest BCUT2D eigenvalue weighted by Crippen LogP contribution is -2.42. The molecule has 136 valence electrons. The van der Waals surface area contributed by atoms with Crippen LogP contribution >= 0.6 is 0 Å². The molecule has 2 amide bonds. The summed E-state index contributed by atoms with van der Waals surface area (Å²) < 4.78 is 10.8. The third-order valence-corrected chi connectivity index (χ3v) is 3.86. The van der Waals surface area contributed by atoms with Gasteiger partial charge in [-0.15, -0.1) is 0 Å². The van der Waals surface area contributed by atoms with Crippen molar-refractivity contribution in [2.45, 2.75) is 46.3 Å². The Bertz CT molecular complexity index is 686. The fourth-order valence-corrected chi connectivity index (χ4v) is 2.09. The van der Waals surface area contributed by atoms with Gasteiger partial charge in [-0.3, -0.25) is 0 Å². The lowest BCUT2D eigenvalue weighted by molar-refractivity contribution is 0.205. The largest absolute Gasteiger partial charge is 0.484 e. The molecule has 0 aliphatic carbocycles. The molecule has 7 heteroatoms. The second-order valence-corrected chi connectivity index (χ2v) is 6.14. The molecule has 0 fully saturated rings. The number of hydrogen-bond donors (Lipinski definition) is 1. The van der Waals surface area contributed by atoms with E-state index in [9.17, 15) is 4.79 Å². The van der Waals surface area contributed by atoms with E-state index in [0.717, 1.165) is 17.7 Å². The van der Waals surface area contributed by atoms with Crippen molar-refractivity contribution in [2.24, 2.45) is 0 Å². The molecule has 2 rings (SSSR count). The summed E-state index contributed by atoms with van der Waals surface area (Å²) in [5.41, 5.74) is 1.13. The smallest absolute Gasteiger partial charge is 0.317 e. The van der Waals surface area contributed by atoms with Gasteiger partial charge in [0, 0.05) is 26.1 Å². The van der Waals surface area contributed by atoms with E-state index in [-0.39, 0.29) is 18.7 Å². The van der Waals surface area contributed by atoms with Crippen molar-refractivity contribution >= 4 is 6.03 Å². The molecular weight excluding hydrogens is 320 g/mol. The Balaban J connectivity index is 1.78. The highest BCUT2D eigenvalue weighted by atomic mass is 16.5. The minimum atomic E-state index is -0.0964. The first-order chi connectivity index (χ1) is 12.0. The molecule has 1 atom stereocenters. The molecule has 25 heavy (non-hydrogen) atoms. The highest BCUT2D eigenvalue weighted by Crippen LogP contribution is 2.14. The van der Waals surface area contributed by atoms with Crippen LogP contribution in [0.5, 0.6) is 5.75 Å². The number of benzene rings is 1. The molecule has 0 radical (unpaired) electrons. The fraction of sp³-hybridized carbons (Fsp3) is 0.500. The van der Waals surface area contributed by atoms with Crippen LogP contribution in [0.25, 0.3) is 0 Å². The Morgan fingerprint density at radius 3 is 2.96 bits per heavy atom. The minimum Gasteiger partial charge on any atom is -0.484 e. The summed E-state index contributed by atoms with van der Waals surface area (Å²) in [4.78, 5) is 17.9. The van der Waals surface area contributed by atoms with Crippen LogP contribution in [0.4, 0.5) is 4.79 Å². The van der Waals surface area contributed by atoms with Gasteiger partial charge in [-0.2, -0.15) is 4.98 Å². The maximum atomic E-state index is 12.0. The highest BCUT2D eigenvalue weighted by Gasteiger charge is 2.13. The molecular formula is C18H26N4O3. The van der Waals surface area contributed by atoms with Gasteiger partial charge in [-0.1, -0.05) is 24.2 Å². The maximum Gasteiger partial charge on any atom is 0.317 e. The van der Waals surface area contributed by atoms with E-state index >= 15 is 0 Å². The molecule has 0 saturated heterocycles. The number of urea groups is 1. The minimum absolute atomic E-state index is 0.0964. The van der Waals surface area contributed by atoms with E-state index in [1.807, 2.05) is 45.0 Å². The van der Waals surface area contributed by atoms with Gasteiger partial charge in [-0.05, 0) is 38.0 Å². The summed E-state index contributed by atoms with van der Waals surface area (Å²) >= 11 is 0. The van der Waals surface area contributed by atoms with Crippen molar-refractivity contribution in [3.63, 3.8) is 0 Å². The van der Waals surface area contributed by atoms with E-state index < -0.39 is 0 Å². The number of aromatic nitrogens is 2. The van der Waals surface area contributed by atoms with Gasteiger partial charge >= 0.3 is 6.03 Å². The Hall–Kier alpha value is -2.57. The average molecular weight is 346 g/mol. The number of carbonyl (C=O) groups excluding carboxylic acids is 1. The summed E-state index contributed by atoms with van der Waals surface area (Å²) in [6, 6.07) is 7.83. The molecule has 0 bridgehead atoms. The number of nitrogens with zero attached hydrogens (tertiary/aromatic N) is 3. The van der Waals surface area contributed by atoms with Crippen LogP contribution in [0.2, 0.25) is 0 Å². The molecule has 1 aromatic carbocycles. The van der Waals surface area contributed by atoms with Crippen LogP contribution in [0, 0.1) is 6.92 Å². The Morgan fingerprint density at radius 1 is 1.44 bits per heavy atom. The molecule has 7 nitrogen and oxygen atoms in total. The quantitative estimate of drug-likeness (QED) is 0.795. The van der Waals surface area contributed by atoms with Crippen LogP contribution in [-0.4, -0.2) is 40.7 Å². The lowest BCUT2D eigenvalue weighted by atomic mass is 10.2. The zero-order chi connectivity index (χ0) is 18.2. The standard InChI is InChI=1S/C18H26N4O3/c1-5-14(3)19-18(23)22(4)10-9-16-20-17(25-21-16)12-24-15-8-6-7-13(2)11-15/h6-8,11,14H,5,9-10,12H2,1-4H3,(H,19,23)/t14-/m0/s1. The molecule has 0 unspecified atom stereocenters. The predicted molar refractivity (Wildman–Crippen MR) is 94.4 cm³/mol. The van der Waals surface area contributed by atoms with Crippen molar-refractivity contribution < 1.29 is 14.1 Å². The van der Waals surface area contributed by atoms with E-state index in [2.05, 4.69) is 15.5 Å². The van der Waals surface area contributed by atoms with E-state index in [0.29, 0.717) is 24.7 Å². The third-order valence-electron chi connectivity index (χ3n) is 3.86. The summed E-state index contributed by atoms with van der Waals surface area (Å²) in [7, 11) is 1.75. The first-order valence-electron chi connectivity index (χ1n) is 8.50. The number of ether oxygens (including phenoxy) is 1. The first kappa shape index (κ1) is 18.8. The average Bonchev–Trinajstić information content (AvgIpc) is 3.05. The van der Waals surface area contributed by atoms with Gasteiger partial charge in [0.25, 0.3) is 5.89 Å². The summed E-state index contributed by atoms with van der Waals surface area (Å²) in [6.07, 6.45) is 1.42. The van der Waals surface area contributed by atoms with Crippen molar-refractivity contribution in [1.82, 2.24) is 20.4 Å². The topological polar surface area (TPSA) is 80.5 Å². The number of aryl methyl sites for hydroxylation is 1. The zero-order valence-corrected chi connectivity index (χ0v) is 15.3. The van der Waals surface area contributed by atoms with Crippen LogP contribution in [0.1, 0.15) is 37.5 Å². The second-order valence-electron chi connectivity index (χ2n) is 6.14. The number of nitrogens with one attached hydrogen (secondary N) is 1. The van der Waals surface area contributed by atoms with E-state index in [4.69, 9.17) is 9.26 Å². The van der Waals surface area contributed by atoms with Crippen molar-refractivity contribution in [2.75, 3.05) is 13.6 Å². The molecule has 1 N–H and O–H groups in total. The van der Waals surface area contributed by atoms with Gasteiger partial charge in [0.15, 0.2) is 12.4 Å². The molecule has 1 aromatic heterocycles. The van der Waals surface area contributed by atoms with Gasteiger partial charge < -0.3 is 19.5 Å². The van der Waals surface area contributed by atoms with Crippen molar-refractivity contribution in [3.05, 3.63) is 41.5 Å². The van der Waals surface area contributed by atoms with Gasteiger partial charge in [0.2, 0.25) is 0 Å². The number of likely N-dealkylation sites (N-methyl/N-ethyl adjacent to an activating group) is 1. The van der Waals surface area contributed by atoms with Crippen molar-refractivity contribution in [1.29, 1.82) is 0 Å². The van der Waals surface area contributed by atoms with Crippen LogP contribution in [0.15, 0.2) is 28.8 Å². The van der Waals surface area contributed by atoms with Crippen LogP contribution < -0.4 is 10.1 Å². The number of hydrogen-bond acceptors (Lipinski definition) is 5. The molecule has 2 aromatic rings. The highest BCUT2D eigenvalue weighted by molar-refractivity contribution is 5.74. The zero-order valence-electron chi connectivity index (χ0n) is 15.3. The SMILES string of the molecule is CC[C@H](C)NC(=O)N(C)CCc1noc(COc2cccc(C)c2)n1. The maximum absolute atomic E-state index is 12.0. The second kappa shape index (κ2) is 9.05. The molecule has 0 saturated carbocycles. The number of amides is 2. The van der Waals surface area contributed by atoms with Crippen LogP contribution in [0.3, 0.4) is 0 Å². The number of carbonyl (C=O) groups is 1. The fourth-order valence-electron chi connectivity index (χ4n) is 2.09. The summed E-state index contributed by atoms with van der Waals surface area (Å²) in [5.74, 6) is 1.75. The van der Waals surface area contributed by atoms with Gasteiger partial charge in [-0.25, -0.2) is 4.79 Å². The summed E-state index contributed by atoms with van der Waals surface area (Å²) in [6.45, 7) is 6.75. The Morgan fingerprint density at radius 2 is 2.24 bits per heavy atom. The Labute approximate surface area is 148 Å². The molecule has 0 spiro atoms. The number of rotatable bonds is 8. The van der Waals surface area contributed by atoms with Crippen molar-refractivity contribution in [3.8, 4) is 5.75 Å². The monoisotopic (exact) mass is 346 g/mol. The normalized spacial score (nSPS) is 11.8. The van der Waals surface area contributed by atoms with Gasteiger partial charge in [0.1, 0.15) is 5.75 Å². The van der Waals surface area contributed by atoms with Crippen LogP contribution in [-0.2, 0) is 13.0 Å². The molecule has 1 heterocycles. The third kappa shape index (κ3) is 6.10. The summed E-state index contributed by atoms with van der Waals surface area (Å²) in [5, 5.41) is 6.85.